The van der Waals surface area contributed by atoms with E-state index in [1.54, 1.807) is 0 Å². The highest BCUT2D eigenvalue weighted by atomic mass is 31.3. The molecule has 184 valence electrons. The highest BCUT2D eigenvalue weighted by Crippen LogP contribution is 2.66. The summed E-state index contributed by atoms with van der Waals surface area (Å²) >= 11 is 0. The van der Waals surface area contributed by atoms with Crippen LogP contribution in [-0.4, -0.2) is 59.6 Å². The first-order valence-corrected chi connectivity index (χ1v) is 13.3. The molecule has 5 atom stereocenters. The zero-order valence-electron chi connectivity index (χ0n) is 16.1. The van der Waals surface area contributed by atoms with E-state index in [1.165, 1.54) is 6.20 Å². The first kappa shape index (κ1) is 27.2. The van der Waals surface area contributed by atoms with Crippen molar-refractivity contribution in [2.24, 2.45) is 5.73 Å². The Morgan fingerprint density at radius 2 is 1.81 bits per heavy atom. The number of nitrogens with two attached hydrogens (primary N) is 1. The molecule has 8 N–H and O–H groups in total. The Bertz CT molecular complexity index is 1070. The summed E-state index contributed by atoms with van der Waals surface area (Å²) in [6.45, 7) is -0.584. The van der Waals surface area contributed by atoms with Crippen molar-refractivity contribution < 1.29 is 56.3 Å². The van der Waals surface area contributed by atoms with Crippen LogP contribution in [0.1, 0.15) is 24.6 Å². The van der Waals surface area contributed by atoms with E-state index in [-0.39, 0.29) is 18.4 Å². The van der Waals surface area contributed by atoms with E-state index in [9.17, 15) is 33.3 Å². The summed E-state index contributed by atoms with van der Waals surface area (Å²) in [4.78, 5) is 61.6. The van der Waals surface area contributed by atoms with E-state index >= 15 is 0 Å². The van der Waals surface area contributed by atoms with Gasteiger partial charge in [0.15, 0.2) is 0 Å². The number of aromatic nitrogens is 2. The summed E-state index contributed by atoms with van der Waals surface area (Å²) in [5.74, 6) is 0. The first-order valence-electron chi connectivity index (χ1n) is 8.79. The van der Waals surface area contributed by atoms with Crippen LogP contribution in [0.5, 0.6) is 0 Å². The van der Waals surface area contributed by atoms with Crippen molar-refractivity contribution in [3.63, 3.8) is 0 Å². The molecule has 1 aromatic heterocycles. The van der Waals surface area contributed by atoms with E-state index < -0.39 is 59.8 Å². The lowest BCUT2D eigenvalue weighted by molar-refractivity contribution is -0.0450. The number of aromatic amines is 1. The van der Waals surface area contributed by atoms with Gasteiger partial charge < -0.3 is 35.2 Å². The maximum absolute atomic E-state index is 12.1. The van der Waals surface area contributed by atoms with E-state index in [4.69, 9.17) is 25.2 Å². The zero-order chi connectivity index (χ0) is 24.3. The van der Waals surface area contributed by atoms with E-state index in [2.05, 4.69) is 18.1 Å². The van der Waals surface area contributed by atoms with Gasteiger partial charge in [-0.05, 0) is 19.4 Å². The first-order chi connectivity index (χ1) is 14.6. The Hall–Kier alpha value is -1.03. The monoisotopic (exact) mass is 525 g/mol. The van der Waals surface area contributed by atoms with E-state index in [0.29, 0.717) is 13.0 Å². The molecule has 2 rings (SSSR count). The molecule has 1 aliphatic rings. The quantitative estimate of drug-likeness (QED) is 0.161. The molecule has 0 radical (unpaired) electrons. The normalized spacial score (nSPS) is 25.4. The number of nitrogens with zero attached hydrogens (tertiary/aromatic N) is 1. The van der Waals surface area contributed by atoms with Gasteiger partial charge in [-0.1, -0.05) is 0 Å². The van der Waals surface area contributed by atoms with Crippen LogP contribution >= 0.6 is 23.5 Å². The molecule has 20 heteroatoms. The molecule has 0 saturated carbocycles. The minimum absolute atomic E-state index is 0.188. The van der Waals surface area contributed by atoms with Crippen molar-refractivity contribution in [1.82, 2.24) is 9.55 Å². The molecule has 32 heavy (non-hydrogen) atoms. The number of aliphatic hydroxyl groups is 1. The number of aryl methyl sites for hydroxylation is 1. The summed E-state index contributed by atoms with van der Waals surface area (Å²) in [6.07, 6.45) is -1.96. The predicted octanol–water partition coefficient (Wildman–Crippen LogP) is -1.58. The smallest absolute Gasteiger partial charge is 0.390 e. The van der Waals surface area contributed by atoms with Gasteiger partial charge in [-0.3, -0.25) is 18.9 Å². The lowest BCUT2D eigenvalue weighted by atomic mass is 10.1. The van der Waals surface area contributed by atoms with E-state index in [0.717, 1.165) is 4.57 Å². The number of phosphoric ester groups is 1. The van der Waals surface area contributed by atoms with Gasteiger partial charge in [0.05, 0.1) is 12.7 Å². The van der Waals surface area contributed by atoms with E-state index in [1.807, 2.05) is 0 Å². The van der Waals surface area contributed by atoms with Crippen LogP contribution in [0.4, 0.5) is 0 Å². The largest absolute Gasteiger partial charge is 0.490 e. The number of ether oxygens (including phenoxy) is 1. The molecule has 0 spiro atoms. The second-order valence-corrected chi connectivity index (χ2v) is 11.0. The molecule has 2 heterocycles. The standard InChI is InChI=1S/C12H22N3O14P3/c13-3-1-2-7-5-15(12(18)14-11(7)17)10-4-8(16)9(27-10)6-26-31(22,23)29-32(24,25)28-30(19,20)21/h5,8-10,16H,1-4,6,13H2,(H,22,23)(H,24,25)(H,14,17,18)(H2,19,20,21). The van der Waals surface area contributed by atoms with Gasteiger partial charge in [0.1, 0.15) is 12.3 Å². The lowest BCUT2D eigenvalue weighted by Gasteiger charge is -2.19. The third kappa shape index (κ3) is 8.08. The second kappa shape index (κ2) is 10.5. The number of aliphatic hydroxyl groups excluding tert-OH is 1. The molecule has 17 nitrogen and oxygen atoms in total. The van der Waals surface area contributed by atoms with Crippen molar-refractivity contribution >= 4 is 23.5 Å². The molecule has 1 saturated heterocycles. The van der Waals surface area contributed by atoms with Crippen LogP contribution in [-0.2, 0) is 38.0 Å². The molecule has 0 bridgehead atoms. The van der Waals surface area contributed by atoms with Gasteiger partial charge in [-0.15, -0.1) is 0 Å². The fraction of sp³-hybridized carbons (Fsp3) is 0.667. The average Bonchev–Trinajstić information content (AvgIpc) is 2.97. The molecule has 0 aliphatic carbocycles. The topological polar surface area (TPSA) is 270 Å². The van der Waals surface area contributed by atoms with Gasteiger partial charge in [-0.25, -0.2) is 18.5 Å². The van der Waals surface area contributed by atoms with Gasteiger partial charge in [0, 0.05) is 18.2 Å². The van der Waals surface area contributed by atoms with Gasteiger partial charge in [-0.2, -0.15) is 8.62 Å². The van der Waals surface area contributed by atoms with Crippen molar-refractivity contribution in [2.45, 2.75) is 37.7 Å². The zero-order valence-corrected chi connectivity index (χ0v) is 18.8. The SMILES string of the molecule is NCCCc1cn(C2CC(O)C(COP(=O)(O)OP(=O)(O)OP(=O)(O)O)O2)c(=O)[nH]c1=O. The minimum Gasteiger partial charge on any atom is -0.390 e. The van der Waals surface area contributed by atoms with Crippen molar-refractivity contribution in [1.29, 1.82) is 0 Å². The van der Waals surface area contributed by atoms with Gasteiger partial charge >= 0.3 is 29.2 Å². The van der Waals surface area contributed by atoms with Gasteiger partial charge in [0.25, 0.3) is 5.56 Å². The third-order valence-corrected chi connectivity index (χ3v) is 7.83. The summed E-state index contributed by atoms with van der Waals surface area (Å²) in [5.41, 5.74) is 4.20. The maximum Gasteiger partial charge on any atom is 0.490 e. The van der Waals surface area contributed by atoms with Crippen LogP contribution in [0.3, 0.4) is 0 Å². The van der Waals surface area contributed by atoms with Crippen LogP contribution in [0.2, 0.25) is 0 Å². The molecule has 1 aromatic rings. The molecular weight excluding hydrogens is 503 g/mol. The van der Waals surface area contributed by atoms with Crippen LogP contribution < -0.4 is 17.0 Å². The summed E-state index contributed by atoms with van der Waals surface area (Å²) < 4.78 is 51.7. The van der Waals surface area contributed by atoms with Crippen LogP contribution in [0, 0.1) is 0 Å². The summed E-state index contributed by atoms with van der Waals surface area (Å²) in [7, 11) is -16.6. The highest BCUT2D eigenvalue weighted by Gasteiger charge is 2.43. The maximum atomic E-state index is 12.1. The molecule has 0 amide bonds. The predicted molar refractivity (Wildman–Crippen MR) is 103 cm³/mol. The van der Waals surface area contributed by atoms with Crippen molar-refractivity contribution in [3.8, 4) is 0 Å². The second-order valence-electron chi connectivity index (χ2n) is 6.53. The van der Waals surface area contributed by atoms with Gasteiger partial charge in [0.2, 0.25) is 0 Å². The molecule has 1 aliphatic heterocycles. The fourth-order valence-electron chi connectivity index (χ4n) is 2.72. The van der Waals surface area contributed by atoms with Crippen LogP contribution in [0.25, 0.3) is 0 Å². The molecule has 5 unspecified atom stereocenters. The Balaban J connectivity index is 2.06. The Labute approximate surface area is 179 Å². The molecule has 1 fully saturated rings. The fourth-order valence-corrected chi connectivity index (χ4v) is 5.75. The Morgan fingerprint density at radius 1 is 1.16 bits per heavy atom. The molecule has 0 aromatic carbocycles. The number of hydrogen-bond acceptors (Lipinski definition) is 11. The number of phosphoric acid groups is 3. The third-order valence-electron chi connectivity index (χ3n) is 4.02. The van der Waals surface area contributed by atoms with Crippen LogP contribution in [0.15, 0.2) is 15.8 Å². The number of hydrogen-bond donors (Lipinski definition) is 7. The number of nitrogens with one attached hydrogen (secondary N) is 1. The van der Waals surface area contributed by atoms with Crippen molar-refractivity contribution in [2.75, 3.05) is 13.2 Å². The number of H-pyrrole nitrogens is 1. The summed E-state index contributed by atoms with van der Waals surface area (Å²) in [5, 5.41) is 10.1. The summed E-state index contributed by atoms with van der Waals surface area (Å²) in [6, 6.07) is 0. The highest BCUT2D eigenvalue weighted by molar-refractivity contribution is 7.66. The Morgan fingerprint density at radius 3 is 2.41 bits per heavy atom. The molecular formula is C12H22N3O14P3. The minimum atomic E-state index is -5.69. The Kier molecular flexibility index (Phi) is 8.92. The average molecular weight is 525 g/mol. The van der Waals surface area contributed by atoms with Crippen molar-refractivity contribution in [3.05, 3.63) is 32.6 Å². The number of rotatable bonds is 11. The lowest BCUT2D eigenvalue weighted by Crippen LogP contribution is -2.34.